The van der Waals surface area contributed by atoms with E-state index in [-0.39, 0.29) is 10.8 Å². The van der Waals surface area contributed by atoms with Gasteiger partial charge in [0.2, 0.25) is 0 Å². The minimum absolute atomic E-state index is 0.105. The number of nitrogens with zero attached hydrogens (tertiary/aromatic N) is 2. The van der Waals surface area contributed by atoms with E-state index in [0.29, 0.717) is 0 Å². The van der Waals surface area contributed by atoms with E-state index in [0.717, 1.165) is 28.1 Å². The number of benzene rings is 10. The second kappa shape index (κ2) is 13.0. The van der Waals surface area contributed by atoms with Crippen LogP contribution >= 0.6 is 0 Å². The molecule has 2 aliphatic rings. The Morgan fingerprint density at radius 3 is 1.57 bits per heavy atom. The van der Waals surface area contributed by atoms with Gasteiger partial charge in [-0.25, -0.2) is 4.98 Å². The normalized spacial score (nSPS) is 14.3. The maximum absolute atomic E-state index is 5.18. The van der Waals surface area contributed by atoms with Crippen molar-refractivity contribution >= 4 is 43.4 Å². The van der Waals surface area contributed by atoms with Crippen molar-refractivity contribution in [2.45, 2.75) is 38.5 Å². The summed E-state index contributed by atoms with van der Waals surface area (Å²) < 4.78 is 2.28. The summed E-state index contributed by atoms with van der Waals surface area (Å²) in [5.74, 6) is 0.936. The summed E-state index contributed by atoms with van der Waals surface area (Å²) in [6, 6.07) is 71.8. The molecule has 1 aromatic heterocycles. The van der Waals surface area contributed by atoms with E-state index in [9.17, 15) is 0 Å². The highest BCUT2D eigenvalue weighted by molar-refractivity contribution is 6.24. The number of hydrogen-bond acceptors (Lipinski definition) is 1. The molecular weight excluding hydrogens is 761 g/mol. The maximum Gasteiger partial charge on any atom is 0.145 e. The van der Waals surface area contributed by atoms with Crippen LogP contribution in [0.25, 0.3) is 105 Å². The highest BCUT2D eigenvalue weighted by atomic mass is 15.1. The molecule has 0 saturated carbocycles. The first kappa shape index (κ1) is 36.1. The largest absolute Gasteiger partial charge is 0.292 e. The molecule has 1 heterocycles. The summed E-state index contributed by atoms with van der Waals surface area (Å²) >= 11 is 0. The van der Waals surface area contributed by atoms with Gasteiger partial charge in [-0.3, -0.25) is 4.57 Å². The fourth-order valence-electron chi connectivity index (χ4n) is 11.8. The molecule has 10 aromatic carbocycles. The van der Waals surface area contributed by atoms with Crippen molar-refractivity contribution in [1.82, 2.24) is 9.55 Å². The Morgan fingerprint density at radius 2 is 0.873 bits per heavy atom. The van der Waals surface area contributed by atoms with Crippen LogP contribution in [0.3, 0.4) is 0 Å². The minimum Gasteiger partial charge on any atom is -0.292 e. The van der Waals surface area contributed by atoms with E-state index >= 15 is 0 Å². The molecule has 2 heteroatoms. The molecule has 0 radical (unpaired) electrons. The van der Waals surface area contributed by atoms with Crippen molar-refractivity contribution < 1.29 is 0 Å². The third-order valence-corrected chi connectivity index (χ3v) is 14.5. The number of para-hydroxylation sites is 3. The molecule has 63 heavy (non-hydrogen) atoms. The lowest BCUT2D eigenvalue weighted by atomic mass is 9.72. The molecule has 0 atom stereocenters. The highest BCUT2D eigenvalue weighted by Crippen LogP contribution is 2.61. The summed E-state index contributed by atoms with van der Waals surface area (Å²) in [7, 11) is 0. The summed E-state index contributed by atoms with van der Waals surface area (Å²) in [5.41, 5.74) is 20.3. The molecule has 11 aromatic rings. The van der Waals surface area contributed by atoms with Crippen LogP contribution in [0, 0.1) is 0 Å². The molecular formula is C61H44N2. The Kier molecular flexibility index (Phi) is 7.45. The van der Waals surface area contributed by atoms with E-state index in [4.69, 9.17) is 4.98 Å². The quantitative estimate of drug-likeness (QED) is 0.162. The fraction of sp³-hybridized carbons (Fsp3) is 0.0984. The van der Waals surface area contributed by atoms with Crippen molar-refractivity contribution in [3.05, 3.63) is 216 Å². The monoisotopic (exact) mass is 804 g/mol. The molecule has 0 aliphatic heterocycles. The van der Waals surface area contributed by atoms with Crippen LogP contribution in [0.1, 0.15) is 49.9 Å². The summed E-state index contributed by atoms with van der Waals surface area (Å²) in [4.78, 5) is 5.18. The molecule has 0 bridgehead atoms. The van der Waals surface area contributed by atoms with Crippen molar-refractivity contribution in [2.24, 2.45) is 0 Å². The lowest BCUT2D eigenvalue weighted by Crippen LogP contribution is -2.24. The van der Waals surface area contributed by atoms with Gasteiger partial charge >= 0.3 is 0 Å². The van der Waals surface area contributed by atoms with Crippen LogP contribution in [0.4, 0.5) is 0 Å². The molecule has 0 fully saturated rings. The van der Waals surface area contributed by atoms with Crippen molar-refractivity contribution in [1.29, 1.82) is 0 Å². The maximum atomic E-state index is 5.18. The first-order valence-corrected chi connectivity index (χ1v) is 22.2. The summed E-state index contributed by atoms with van der Waals surface area (Å²) in [6.07, 6.45) is 0. The summed E-state index contributed by atoms with van der Waals surface area (Å²) in [5, 5.41) is 7.63. The van der Waals surface area contributed by atoms with E-state index < -0.39 is 0 Å². The fourth-order valence-corrected chi connectivity index (χ4v) is 11.8. The molecule has 2 aliphatic carbocycles. The van der Waals surface area contributed by atoms with Crippen molar-refractivity contribution in [3.63, 3.8) is 0 Å². The third-order valence-electron chi connectivity index (χ3n) is 14.5. The standard InChI is InChI=1S/C61H44N2/c1-60(2)50-27-15-14-21-41(50)47-34-35-48-56-42-22-9-8-20-40(42)49(36-51(56)61(3,4)58(48)57(47)60)55-45-25-12-10-23-43(45)54(44-24-11-13-26-46(44)55)37-30-32-38(33-31-37)59-62-52-28-16-17-29-53(52)63(59)39-18-6-5-7-19-39/h5-36H,1-4H3. The lowest BCUT2D eigenvalue weighted by Gasteiger charge is -2.31. The van der Waals surface area contributed by atoms with Gasteiger partial charge in [-0.2, -0.15) is 0 Å². The first-order valence-electron chi connectivity index (χ1n) is 22.2. The molecule has 13 rings (SSSR count). The van der Waals surface area contributed by atoms with Crippen LogP contribution in [-0.2, 0) is 10.8 Å². The zero-order valence-electron chi connectivity index (χ0n) is 35.9. The van der Waals surface area contributed by atoms with Crippen molar-refractivity contribution in [2.75, 3.05) is 0 Å². The molecule has 298 valence electrons. The predicted molar refractivity (Wildman–Crippen MR) is 265 cm³/mol. The topological polar surface area (TPSA) is 17.8 Å². The molecule has 0 saturated heterocycles. The van der Waals surface area contributed by atoms with Gasteiger partial charge < -0.3 is 0 Å². The Hall–Kier alpha value is -7.55. The predicted octanol–water partition coefficient (Wildman–Crippen LogP) is 16.1. The molecule has 0 spiro atoms. The van der Waals surface area contributed by atoms with E-state index in [2.05, 4.69) is 226 Å². The number of aromatic nitrogens is 2. The van der Waals surface area contributed by atoms with Gasteiger partial charge in [-0.1, -0.05) is 191 Å². The summed E-state index contributed by atoms with van der Waals surface area (Å²) in [6.45, 7) is 9.78. The zero-order chi connectivity index (χ0) is 42.2. The van der Waals surface area contributed by atoms with Gasteiger partial charge in [0.25, 0.3) is 0 Å². The van der Waals surface area contributed by atoms with E-state index in [1.54, 1.807) is 0 Å². The first-order chi connectivity index (χ1) is 30.8. The Morgan fingerprint density at radius 1 is 0.365 bits per heavy atom. The van der Waals surface area contributed by atoms with Crippen LogP contribution in [-0.4, -0.2) is 9.55 Å². The number of imidazole rings is 1. The third kappa shape index (κ3) is 4.92. The van der Waals surface area contributed by atoms with E-state index in [1.807, 2.05) is 0 Å². The second-order valence-electron chi connectivity index (χ2n) is 18.6. The van der Waals surface area contributed by atoms with E-state index in [1.165, 1.54) is 99.1 Å². The van der Waals surface area contributed by atoms with Gasteiger partial charge in [-0.15, -0.1) is 0 Å². The minimum atomic E-state index is -0.220. The molecule has 2 nitrogen and oxygen atoms in total. The van der Waals surface area contributed by atoms with Gasteiger partial charge in [-0.05, 0) is 129 Å². The molecule has 0 amide bonds. The molecule has 0 N–H and O–H groups in total. The number of rotatable bonds is 4. The lowest BCUT2D eigenvalue weighted by molar-refractivity contribution is 0.601. The number of fused-ring (bicyclic) bond motifs is 12. The van der Waals surface area contributed by atoms with Crippen LogP contribution in [0.2, 0.25) is 0 Å². The smallest absolute Gasteiger partial charge is 0.145 e. The van der Waals surface area contributed by atoms with Crippen molar-refractivity contribution in [3.8, 4) is 61.6 Å². The SMILES string of the molecule is CC1(C)c2ccccc2-c2ccc3c(c21)C(C)(C)c1cc(-c2c4ccccc4c(-c4ccc(-c5nc6ccccc6n5-c5ccccc5)cc4)c4ccccc24)c2ccccc2c1-3. The Labute approximate surface area is 367 Å². The van der Waals surface area contributed by atoms with Crippen LogP contribution in [0.5, 0.6) is 0 Å². The zero-order valence-corrected chi connectivity index (χ0v) is 35.9. The average Bonchev–Trinajstić information content (AvgIpc) is 3.91. The van der Waals surface area contributed by atoms with Crippen LogP contribution < -0.4 is 0 Å². The van der Waals surface area contributed by atoms with Gasteiger partial charge in [0.15, 0.2) is 0 Å². The van der Waals surface area contributed by atoms with Crippen LogP contribution in [0.15, 0.2) is 194 Å². The molecule has 0 unspecified atom stereocenters. The van der Waals surface area contributed by atoms with Gasteiger partial charge in [0, 0.05) is 22.1 Å². The van der Waals surface area contributed by atoms with Gasteiger partial charge in [0.05, 0.1) is 11.0 Å². The second-order valence-corrected chi connectivity index (χ2v) is 18.6. The highest BCUT2D eigenvalue weighted by Gasteiger charge is 2.46. The number of hydrogen-bond donors (Lipinski definition) is 0. The Balaban J connectivity index is 1.02. The van der Waals surface area contributed by atoms with Gasteiger partial charge in [0.1, 0.15) is 5.82 Å². The average molecular weight is 805 g/mol. The Bertz CT molecular complexity index is 3660.